The second kappa shape index (κ2) is 7.08. The van der Waals surface area contributed by atoms with Crippen molar-refractivity contribution in [2.75, 3.05) is 6.61 Å². The summed E-state index contributed by atoms with van der Waals surface area (Å²) in [5.41, 5.74) is 0.432. The third-order valence-corrected chi connectivity index (χ3v) is 2.70. The first-order valence-corrected chi connectivity index (χ1v) is 6.59. The van der Waals surface area contributed by atoms with Crippen molar-refractivity contribution < 1.29 is 14.3 Å². The standard InChI is InChI=1S/C12H16BrN3O3/c1-4-19-11(17)5-8(2)15-12(18)9(3)16-7-10(13)6-14-16/h5-7,9H,4H2,1-3H3,(H,15,18)/b8-5+. The van der Waals surface area contributed by atoms with Crippen molar-refractivity contribution in [3.63, 3.8) is 0 Å². The maximum absolute atomic E-state index is 11.9. The highest BCUT2D eigenvalue weighted by Gasteiger charge is 2.16. The van der Waals surface area contributed by atoms with E-state index in [9.17, 15) is 9.59 Å². The Morgan fingerprint density at radius 3 is 2.84 bits per heavy atom. The molecule has 1 unspecified atom stereocenters. The van der Waals surface area contributed by atoms with Gasteiger partial charge < -0.3 is 10.1 Å². The number of carbonyl (C=O) groups is 2. The number of allylic oxidation sites excluding steroid dienone is 1. The fraction of sp³-hybridized carbons (Fsp3) is 0.417. The van der Waals surface area contributed by atoms with E-state index in [1.165, 1.54) is 10.8 Å². The Labute approximate surface area is 119 Å². The molecule has 1 N–H and O–H groups in total. The van der Waals surface area contributed by atoms with Crippen molar-refractivity contribution in [2.45, 2.75) is 26.8 Å². The zero-order valence-corrected chi connectivity index (χ0v) is 12.6. The van der Waals surface area contributed by atoms with E-state index in [0.29, 0.717) is 12.3 Å². The molecule has 1 amide bonds. The van der Waals surface area contributed by atoms with E-state index >= 15 is 0 Å². The SMILES string of the molecule is CCOC(=O)/C=C(\C)NC(=O)C(C)n1cc(Br)cn1. The van der Waals surface area contributed by atoms with Gasteiger partial charge in [0.05, 0.1) is 17.3 Å². The zero-order chi connectivity index (χ0) is 14.4. The van der Waals surface area contributed by atoms with Crippen LogP contribution >= 0.6 is 15.9 Å². The number of nitrogens with one attached hydrogen (secondary N) is 1. The number of ether oxygens (including phenoxy) is 1. The fourth-order valence-electron chi connectivity index (χ4n) is 1.34. The predicted molar refractivity (Wildman–Crippen MR) is 73.2 cm³/mol. The average Bonchev–Trinajstić information content (AvgIpc) is 2.74. The van der Waals surface area contributed by atoms with Crippen LogP contribution in [0.4, 0.5) is 0 Å². The molecule has 0 aromatic carbocycles. The third-order valence-electron chi connectivity index (χ3n) is 2.29. The smallest absolute Gasteiger partial charge is 0.332 e. The van der Waals surface area contributed by atoms with Crippen molar-refractivity contribution in [3.8, 4) is 0 Å². The van der Waals surface area contributed by atoms with Gasteiger partial charge in [-0.25, -0.2) is 4.79 Å². The Kier molecular flexibility index (Phi) is 5.75. The third kappa shape index (κ3) is 4.86. The summed E-state index contributed by atoms with van der Waals surface area (Å²) >= 11 is 3.26. The van der Waals surface area contributed by atoms with Gasteiger partial charge in [-0.15, -0.1) is 0 Å². The molecule has 1 aromatic rings. The molecule has 0 spiro atoms. The number of esters is 1. The highest BCUT2D eigenvalue weighted by atomic mass is 79.9. The predicted octanol–water partition coefficient (Wildman–Crippen LogP) is 1.79. The second-order valence-electron chi connectivity index (χ2n) is 3.88. The molecule has 0 aliphatic rings. The number of rotatable bonds is 5. The first kappa shape index (κ1) is 15.4. The number of carbonyl (C=O) groups excluding carboxylic acids is 2. The zero-order valence-electron chi connectivity index (χ0n) is 11.0. The van der Waals surface area contributed by atoms with Gasteiger partial charge in [-0.1, -0.05) is 0 Å². The van der Waals surface area contributed by atoms with Crippen LogP contribution in [-0.4, -0.2) is 28.3 Å². The maximum Gasteiger partial charge on any atom is 0.332 e. The Balaban J connectivity index is 2.61. The number of halogens is 1. The minimum absolute atomic E-state index is 0.256. The lowest BCUT2D eigenvalue weighted by Gasteiger charge is -2.12. The van der Waals surface area contributed by atoms with E-state index in [2.05, 4.69) is 26.3 Å². The summed E-state index contributed by atoms with van der Waals surface area (Å²) < 4.78 is 7.07. The number of hydrogen-bond donors (Lipinski definition) is 1. The van der Waals surface area contributed by atoms with Crippen LogP contribution in [0.15, 0.2) is 28.6 Å². The Morgan fingerprint density at radius 1 is 1.63 bits per heavy atom. The van der Waals surface area contributed by atoms with Gasteiger partial charge >= 0.3 is 5.97 Å². The largest absolute Gasteiger partial charge is 0.463 e. The van der Waals surface area contributed by atoms with E-state index < -0.39 is 12.0 Å². The van der Waals surface area contributed by atoms with Gasteiger partial charge in [-0.2, -0.15) is 5.10 Å². The van der Waals surface area contributed by atoms with Crippen LogP contribution in [0.25, 0.3) is 0 Å². The molecule has 1 atom stereocenters. The summed E-state index contributed by atoms with van der Waals surface area (Å²) in [7, 11) is 0. The summed E-state index contributed by atoms with van der Waals surface area (Å²) in [4.78, 5) is 23.1. The molecular weight excluding hydrogens is 314 g/mol. The number of hydrogen-bond acceptors (Lipinski definition) is 4. The summed E-state index contributed by atoms with van der Waals surface area (Å²) in [5.74, 6) is -0.733. The van der Waals surface area contributed by atoms with E-state index in [-0.39, 0.29) is 5.91 Å². The normalized spacial score (nSPS) is 12.9. The molecular formula is C12H16BrN3O3. The van der Waals surface area contributed by atoms with Gasteiger partial charge in [-0.3, -0.25) is 9.48 Å². The minimum atomic E-state index is -0.477. The number of aromatic nitrogens is 2. The summed E-state index contributed by atoms with van der Waals surface area (Å²) in [5, 5.41) is 6.65. The second-order valence-corrected chi connectivity index (χ2v) is 4.80. The fourth-order valence-corrected chi connectivity index (χ4v) is 1.64. The van der Waals surface area contributed by atoms with Crippen LogP contribution in [0.2, 0.25) is 0 Å². The van der Waals surface area contributed by atoms with Gasteiger partial charge in [0.1, 0.15) is 6.04 Å². The Hall–Kier alpha value is -1.63. The minimum Gasteiger partial charge on any atom is -0.463 e. The van der Waals surface area contributed by atoms with Crippen LogP contribution in [0, 0.1) is 0 Å². The lowest BCUT2D eigenvalue weighted by molar-refractivity contribution is -0.137. The lowest BCUT2D eigenvalue weighted by Crippen LogP contribution is -2.30. The molecule has 104 valence electrons. The van der Waals surface area contributed by atoms with Crippen molar-refractivity contribution >= 4 is 27.8 Å². The summed E-state index contributed by atoms with van der Waals surface area (Å²) in [6, 6.07) is -0.475. The van der Waals surface area contributed by atoms with E-state index in [4.69, 9.17) is 4.74 Å². The van der Waals surface area contributed by atoms with Gasteiger partial charge in [0.15, 0.2) is 0 Å². The topological polar surface area (TPSA) is 73.2 Å². The first-order valence-electron chi connectivity index (χ1n) is 5.79. The highest BCUT2D eigenvalue weighted by molar-refractivity contribution is 9.10. The van der Waals surface area contributed by atoms with Crippen molar-refractivity contribution in [2.24, 2.45) is 0 Å². The molecule has 0 aliphatic heterocycles. The first-order chi connectivity index (χ1) is 8.93. The maximum atomic E-state index is 11.9. The van der Waals surface area contributed by atoms with Crippen molar-refractivity contribution in [3.05, 3.63) is 28.6 Å². The molecule has 0 fully saturated rings. The molecule has 0 bridgehead atoms. The molecule has 0 saturated heterocycles. The van der Waals surface area contributed by atoms with Crippen molar-refractivity contribution in [1.29, 1.82) is 0 Å². The molecule has 1 heterocycles. The van der Waals surface area contributed by atoms with E-state index in [1.807, 2.05) is 0 Å². The van der Waals surface area contributed by atoms with Crippen LogP contribution in [-0.2, 0) is 14.3 Å². The number of nitrogens with zero attached hydrogens (tertiary/aromatic N) is 2. The Morgan fingerprint density at radius 2 is 2.32 bits per heavy atom. The number of amides is 1. The average molecular weight is 330 g/mol. The van der Waals surface area contributed by atoms with Gasteiger partial charge in [-0.05, 0) is 36.7 Å². The van der Waals surface area contributed by atoms with Gasteiger partial charge in [0.25, 0.3) is 0 Å². The highest BCUT2D eigenvalue weighted by Crippen LogP contribution is 2.11. The summed E-state index contributed by atoms with van der Waals surface area (Å²) in [6.45, 7) is 5.36. The van der Waals surface area contributed by atoms with Crippen LogP contribution in [0.1, 0.15) is 26.8 Å². The van der Waals surface area contributed by atoms with Crippen LogP contribution in [0.5, 0.6) is 0 Å². The lowest BCUT2D eigenvalue weighted by atomic mass is 10.3. The molecule has 0 aliphatic carbocycles. The molecule has 1 rings (SSSR count). The molecule has 7 heteroatoms. The van der Waals surface area contributed by atoms with Crippen LogP contribution in [0.3, 0.4) is 0 Å². The molecule has 0 radical (unpaired) electrons. The van der Waals surface area contributed by atoms with Gasteiger partial charge in [0, 0.05) is 18.0 Å². The molecule has 19 heavy (non-hydrogen) atoms. The Bertz CT molecular complexity index is 496. The monoisotopic (exact) mass is 329 g/mol. The van der Waals surface area contributed by atoms with Gasteiger partial charge in [0.2, 0.25) is 5.91 Å². The van der Waals surface area contributed by atoms with Crippen molar-refractivity contribution in [1.82, 2.24) is 15.1 Å². The van der Waals surface area contributed by atoms with E-state index in [0.717, 1.165) is 4.47 Å². The molecule has 6 nitrogen and oxygen atoms in total. The quantitative estimate of drug-likeness (QED) is 0.660. The van der Waals surface area contributed by atoms with E-state index in [1.54, 1.807) is 33.2 Å². The summed E-state index contributed by atoms with van der Waals surface area (Å²) in [6.07, 6.45) is 4.55. The molecule has 0 saturated carbocycles. The van der Waals surface area contributed by atoms with Crippen LogP contribution < -0.4 is 5.32 Å². The molecule has 1 aromatic heterocycles.